The molecule has 2 nitrogen and oxygen atoms in total. The molecule has 1 heterocycles. The number of rotatable bonds is 3. The lowest BCUT2D eigenvalue weighted by atomic mass is 9.68. The van der Waals surface area contributed by atoms with E-state index < -0.39 is 0 Å². The van der Waals surface area contributed by atoms with E-state index in [2.05, 4.69) is 25.7 Å². The van der Waals surface area contributed by atoms with Crippen LogP contribution in [0, 0.1) is 17.3 Å². The highest BCUT2D eigenvalue weighted by Gasteiger charge is 2.34. The van der Waals surface area contributed by atoms with E-state index in [0.29, 0.717) is 11.5 Å². The molecule has 0 aromatic rings. The molecule has 2 N–H and O–H groups in total. The summed E-state index contributed by atoms with van der Waals surface area (Å²) in [7, 11) is 0. The summed E-state index contributed by atoms with van der Waals surface area (Å²) in [6, 6.07) is 0.661. The number of hydrogen-bond donors (Lipinski definition) is 1. The minimum Gasteiger partial charge on any atom is -0.329 e. The summed E-state index contributed by atoms with van der Waals surface area (Å²) in [5, 5.41) is 0. The first-order valence-corrected chi connectivity index (χ1v) is 8.96. The van der Waals surface area contributed by atoms with Crippen molar-refractivity contribution in [1.82, 2.24) is 4.90 Å². The summed E-state index contributed by atoms with van der Waals surface area (Å²) in [4.78, 5) is 2.73. The molecule has 20 heavy (non-hydrogen) atoms. The van der Waals surface area contributed by atoms with Crippen molar-refractivity contribution in [2.24, 2.45) is 23.0 Å². The molecule has 0 bridgehead atoms. The van der Waals surface area contributed by atoms with Crippen LogP contribution in [0.3, 0.4) is 0 Å². The Morgan fingerprint density at radius 2 is 1.50 bits per heavy atom. The monoisotopic (exact) mass is 280 g/mol. The number of nitrogens with zero attached hydrogens (tertiary/aromatic N) is 1. The fraction of sp³-hybridized carbons (Fsp3) is 1.00. The van der Waals surface area contributed by atoms with Crippen molar-refractivity contribution in [1.29, 1.82) is 0 Å². The van der Waals surface area contributed by atoms with Gasteiger partial charge in [0.15, 0.2) is 0 Å². The van der Waals surface area contributed by atoms with Crippen molar-refractivity contribution in [2.45, 2.75) is 78.2 Å². The van der Waals surface area contributed by atoms with Gasteiger partial charge in [0.1, 0.15) is 0 Å². The van der Waals surface area contributed by atoms with Crippen LogP contribution in [0.15, 0.2) is 0 Å². The molecular formula is C18H36N2. The van der Waals surface area contributed by atoms with E-state index in [1.807, 2.05) is 0 Å². The molecular weight excluding hydrogens is 244 g/mol. The summed E-state index contributed by atoms with van der Waals surface area (Å²) < 4.78 is 0. The van der Waals surface area contributed by atoms with Gasteiger partial charge in [0, 0.05) is 12.6 Å². The maximum absolute atomic E-state index is 6.16. The summed E-state index contributed by atoms with van der Waals surface area (Å²) in [5.74, 6) is 1.78. The quantitative estimate of drug-likeness (QED) is 0.845. The van der Waals surface area contributed by atoms with Gasteiger partial charge in [0.25, 0.3) is 0 Å². The molecule has 1 atom stereocenters. The van der Waals surface area contributed by atoms with E-state index >= 15 is 0 Å². The van der Waals surface area contributed by atoms with Crippen LogP contribution in [0.4, 0.5) is 0 Å². The van der Waals surface area contributed by atoms with Gasteiger partial charge in [-0.05, 0) is 68.9 Å². The number of likely N-dealkylation sites (tertiary alicyclic amines) is 1. The Morgan fingerprint density at radius 3 is 1.95 bits per heavy atom. The first kappa shape index (κ1) is 16.3. The lowest BCUT2D eigenvalue weighted by Crippen LogP contribution is -2.47. The van der Waals surface area contributed by atoms with Crippen LogP contribution >= 0.6 is 0 Å². The van der Waals surface area contributed by atoms with Crippen LogP contribution in [-0.2, 0) is 0 Å². The Kier molecular flexibility index (Phi) is 5.92. The van der Waals surface area contributed by atoms with Crippen molar-refractivity contribution >= 4 is 0 Å². The maximum atomic E-state index is 6.16. The highest BCUT2D eigenvalue weighted by Crippen LogP contribution is 2.41. The SMILES string of the molecule is CC(C)(C)C1CCC(C(CN)N2CCCCCC2)CC1. The topological polar surface area (TPSA) is 29.3 Å². The molecule has 2 fully saturated rings. The van der Waals surface area contributed by atoms with Gasteiger partial charge in [0.05, 0.1) is 0 Å². The Bertz CT molecular complexity index is 266. The maximum Gasteiger partial charge on any atom is 0.0246 e. The smallest absolute Gasteiger partial charge is 0.0246 e. The second-order valence-electron chi connectivity index (χ2n) is 8.23. The lowest BCUT2D eigenvalue weighted by molar-refractivity contribution is 0.0835. The van der Waals surface area contributed by atoms with E-state index in [1.165, 1.54) is 64.5 Å². The van der Waals surface area contributed by atoms with Crippen LogP contribution in [0.5, 0.6) is 0 Å². The van der Waals surface area contributed by atoms with Gasteiger partial charge in [0.2, 0.25) is 0 Å². The third-order valence-corrected chi connectivity index (χ3v) is 5.89. The molecule has 0 amide bonds. The van der Waals surface area contributed by atoms with E-state index in [1.54, 1.807) is 0 Å². The van der Waals surface area contributed by atoms with Crippen molar-refractivity contribution in [2.75, 3.05) is 19.6 Å². The predicted molar refractivity (Wildman–Crippen MR) is 87.8 cm³/mol. The average molecular weight is 280 g/mol. The van der Waals surface area contributed by atoms with Gasteiger partial charge in [-0.1, -0.05) is 33.6 Å². The molecule has 2 rings (SSSR count). The zero-order chi connectivity index (χ0) is 14.6. The van der Waals surface area contributed by atoms with Crippen LogP contribution in [0.2, 0.25) is 0 Å². The molecule has 0 aromatic heterocycles. The van der Waals surface area contributed by atoms with Crippen molar-refractivity contribution < 1.29 is 0 Å². The second kappa shape index (κ2) is 7.26. The van der Waals surface area contributed by atoms with Crippen LogP contribution in [0.1, 0.15) is 72.1 Å². The summed E-state index contributed by atoms with van der Waals surface area (Å²) in [6.45, 7) is 10.7. The summed E-state index contributed by atoms with van der Waals surface area (Å²) >= 11 is 0. The van der Waals surface area contributed by atoms with Gasteiger partial charge in [-0.25, -0.2) is 0 Å². The third-order valence-electron chi connectivity index (χ3n) is 5.89. The standard InChI is InChI=1S/C18H36N2/c1-18(2,3)16-10-8-15(9-11-16)17(14-19)20-12-6-4-5-7-13-20/h15-17H,4-14,19H2,1-3H3. The van der Waals surface area contributed by atoms with E-state index in [4.69, 9.17) is 5.73 Å². The largest absolute Gasteiger partial charge is 0.329 e. The Labute approximate surface area is 126 Å². The molecule has 1 aliphatic heterocycles. The van der Waals surface area contributed by atoms with Crippen LogP contribution in [-0.4, -0.2) is 30.6 Å². The molecule has 0 radical (unpaired) electrons. The number of hydrogen-bond acceptors (Lipinski definition) is 2. The van der Waals surface area contributed by atoms with Crippen molar-refractivity contribution in [3.63, 3.8) is 0 Å². The Hall–Kier alpha value is -0.0800. The predicted octanol–water partition coefficient (Wildman–Crippen LogP) is 4.04. The minimum absolute atomic E-state index is 0.492. The van der Waals surface area contributed by atoms with Gasteiger partial charge in [-0.2, -0.15) is 0 Å². The zero-order valence-corrected chi connectivity index (χ0v) is 14.0. The van der Waals surface area contributed by atoms with Gasteiger partial charge < -0.3 is 5.73 Å². The summed E-state index contributed by atoms with van der Waals surface area (Å²) in [6.07, 6.45) is 11.2. The normalized spacial score (nSPS) is 31.8. The second-order valence-corrected chi connectivity index (χ2v) is 8.23. The van der Waals surface area contributed by atoms with Gasteiger partial charge >= 0.3 is 0 Å². The average Bonchev–Trinajstić information content (AvgIpc) is 2.68. The highest BCUT2D eigenvalue weighted by molar-refractivity contribution is 4.88. The minimum atomic E-state index is 0.492. The fourth-order valence-electron chi connectivity index (χ4n) is 4.44. The Morgan fingerprint density at radius 1 is 0.950 bits per heavy atom. The van der Waals surface area contributed by atoms with Crippen LogP contribution in [0.25, 0.3) is 0 Å². The Balaban J connectivity index is 1.89. The van der Waals surface area contributed by atoms with Crippen molar-refractivity contribution in [3.8, 4) is 0 Å². The summed E-state index contributed by atoms with van der Waals surface area (Å²) in [5.41, 5.74) is 6.66. The third kappa shape index (κ3) is 4.21. The molecule has 1 unspecified atom stereocenters. The van der Waals surface area contributed by atoms with E-state index in [0.717, 1.165) is 18.4 Å². The molecule has 0 aromatic carbocycles. The zero-order valence-electron chi connectivity index (χ0n) is 14.0. The molecule has 2 aliphatic rings. The molecule has 1 saturated heterocycles. The van der Waals surface area contributed by atoms with Gasteiger partial charge in [-0.15, -0.1) is 0 Å². The first-order valence-electron chi connectivity index (χ1n) is 8.96. The molecule has 0 spiro atoms. The lowest BCUT2D eigenvalue weighted by Gasteiger charge is -2.42. The molecule has 2 heteroatoms. The highest BCUT2D eigenvalue weighted by atomic mass is 15.2. The van der Waals surface area contributed by atoms with Crippen molar-refractivity contribution in [3.05, 3.63) is 0 Å². The first-order chi connectivity index (χ1) is 9.52. The van der Waals surface area contributed by atoms with E-state index in [-0.39, 0.29) is 0 Å². The van der Waals surface area contributed by atoms with E-state index in [9.17, 15) is 0 Å². The fourth-order valence-corrected chi connectivity index (χ4v) is 4.44. The molecule has 1 aliphatic carbocycles. The number of nitrogens with two attached hydrogens (primary N) is 1. The molecule has 118 valence electrons. The van der Waals surface area contributed by atoms with Crippen LogP contribution < -0.4 is 5.73 Å². The van der Waals surface area contributed by atoms with Gasteiger partial charge in [-0.3, -0.25) is 4.90 Å². The molecule has 1 saturated carbocycles.